The SMILES string of the molecule is COc1cccc(/C=C2\SC(=O)N(c3ccccc3)C2=O)c1. The number of thioether (sulfide) groups is 1. The highest BCUT2D eigenvalue weighted by molar-refractivity contribution is 8.19. The quantitative estimate of drug-likeness (QED) is 0.806. The first-order chi connectivity index (χ1) is 10.7. The van der Waals surface area contributed by atoms with Crippen molar-refractivity contribution in [2.24, 2.45) is 0 Å². The summed E-state index contributed by atoms with van der Waals surface area (Å²) in [5.41, 5.74) is 1.40. The molecule has 110 valence electrons. The largest absolute Gasteiger partial charge is 0.497 e. The fourth-order valence-corrected chi connectivity index (χ4v) is 2.99. The average Bonchev–Trinajstić information content (AvgIpc) is 2.82. The molecule has 1 saturated heterocycles. The molecular weight excluding hydrogens is 298 g/mol. The van der Waals surface area contributed by atoms with Crippen LogP contribution in [0.15, 0.2) is 59.5 Å². The lowest BCUT2D eigenvalue weighted by Crippen LogP contribution is -2.27. The number of rotatable bonds is 3. The van der Waals surface area contributed by atoms with Gasteiger partial charge in [0.25, 0.3) is 11.1 Å². The molecule has 0 aromatic heterocycles. The maximum atomic E-state index is 12.5. The zero-order chi connectivity index (χ0) is 15.5. The lowest BCUT2D eigenvalue weighted by atomic mass is 10.2. The van der Waals surface area contributed by atoms with Gasteiger partial charge in [-0.3, -0.25) is 9.59 Å². The van der Waals surface area contributed by atoms with Crippen molar-refractivity contribution in [1.82, 2.24) is 0 Å². The third-order valence-corrected chi connectivity index (χ3v) is 4.07. The minimum Gasteiger partial charge on any atom is -0.497 e. The second kappa shape index (κ2) is 6.07. The van der Waals surface area contributed by atoms with Crippen molar-refractivity contribution < 1.29 is 14.3 Å². The summed E-state index contributed by atoms with van der Waals surface area (Å²) < 4.78 is 5.16. The van der Waals surface area contributed by atoms with Crippen LogP contribution in [-0.2, 0) is 4.79 Å². The second-order valence-electron chi connectivity index (χ2n) is 4.63. The molecule has 4 nitrogen and oxygen atoms in total. The van der Waals surface area contributed by atoms with Crippen molar-refractivity contribution in [3.8, 4) is 5.75 Å². The number of ether oxygens (including phenoxy) is 1. The van der Waals surface area contributed by atoms with Gasteiger partial charge in [-0.15, -0.1) is 0 Å². The molecule has 3 rings (SSSR count). The summed E-state index contributed by atoms with van der Waals surface area (Å²) in [5, 5.41) is -0.287. The number of benzene rings is 2. The van der Waals surface area contributed by atoms with Crippen molar-refractivity contribution in [3.05, 3.63) is 65.1 Å². The predicted molar refractivity (Wildman–Crippen MR) is 87.9 cm³/mol. The highest BCUT2D eigenvalue weighted by Gasteiger charge is 2.36. The molecule has 1 fully saturated rings. The summed E-state index contributed by atoms with van der Waals surface area (Å²) in [7, 11) is 1.59. The van der Waals surface area contributed by atoms with Gasteiger partial charge in [0, 0.05) is 0 Å². The summed E-state index contributed by atoms with van der Waals surface area (Å²) in [6.45, 7) is 0. The molecule has 0 saturated carbocycles. The highest BCUT2D eigenvalue weighted by atomic mass is 32.2. The Balaban J connectivity index is 1.92. The standard InChI is InChI=1S/C17H13NO3S/c1-21-14-9-5-6-12(10-14)11-15-16(19)18(17(20)22-15)13-7-3-2-4-8-13/h2-11H,1H3/b15-11-. The number of carbonyl (C=O) groups is 2. The molecule has 1 aliphatic rings. The first kappa shape index (κ1) is 14.4. The number of amides is 2. The van der Waals surface area contributed by atoms with Crippen molar-refractivity contribution in [2.45, 2.75) is 0 Å². The van der Waals surface area contributed by atoms with Crippen LogP contribution in [0.1, 0.15) is 5.56 Å². The van der Waals surface area contributed by atoms with Crippen molar-refractivity contribution >= 4 is 34.7 Å². The number of hydrogen-bond acceptors (Lipinski definition) is 4. The Kier molecular flexibility index (Phi) is 3.98. The van der Waals surface area contributed by atoms with Gasteiger partial charge in [-0.25, -0.2) is 4.90 Å². The fourth-order valence-electron chi connectivity index (χ4n) is 2.15. The maximum Gasteiger partial charge on any atom is 0.298 e. The minimum atomic E-state index is -0.302. The third-order valence-electron chi connectivity index (χ3n) is 3.20. The molecule has 0 N–H and O–H groups in total. The number of methoxy groups -OCH3 is 1. The molecule has 0 bridgehead atoms. The molecule has 0 spiro atoms. The van der Waals surface area contributed by atoms with Crippen LogP contribution in [0.3, 0.4) is 0 Å². The Morgan fingerprint density at radius 1 is 1.05 bits per heavy atom. The molecule has 0 aliphatic carbocycles. The molecular formula is C17H13NO3S. The number of anilines is 1. The number of imide groups is 1. The van der Waals surface area contributed by atoms with E-state index >= 15 is 0 Å². The third kappa shape index (κ3) is 2.76. The molecule has 1 aliphatic heterocycles. The number of para-hydroxylation sites is 1. The number of carbonyl (C=O) groups excluding carboxylic acids is 2. The van der Waals surface area contributed by atoms with E-state index in [9.17, 15) is 9.59 Å². The van der Waals surface area contributed by atoms with Gasteiger partial charge in [-0.05, 0) is 47.7 Å². The molecule has 0 atom stereocenters. The van der Waals surface area contributed by atoms with Crippen molar-refractivity contribution in [2.75, 3.05) is 12.0 Å². The van der Waals surface area contributed by atoms with Crippen LogP contribution in [0.2, 0.25) is 0 Å². The van der Waals surface area contributed by atoms with E-state index in [0.29, 0.717) is 16.3 Å². The lowest BCUT2D eigenvalue weighted by Gasteiger charge is -2.11. The van der Waals surface area contributed by atoms with E-state index in [1.54, 1.807) is 37.5 Å². The van der Waals surface area contributed by atoms with Gasteiger partial charge < -0.3 is 4.74 Å². The normalized spacial score (nSPS) is 16.4. The smallest absolute Gasteiger partial charge is 0.298 e. The Morgan fingerprint density at radius 3 is 2.55 bits per heavy atom. The lowest BCUT2D eigenvalue weighted by molar-refractivity contribution is -0.113. The van der Waals surface area contributed by atoms with Crippen LogP contribution in [0.4, 0.5) is 10.5 Å². The van der Waals surface area contributed by atoms with Gasteiger partial charge in [0.1, 0.15) is 5.75 Å². The van der Waals surface area contributed by atoms with Crippen LogP contribution < -0.4 is 9.64 Å². The molecule has 2 aromatic rings. The Hall–Kier alpha value is -2.53. The zero-order valence-electron chi connectivity index (χ0n) is 11.9. The van der Waals surface area contributed by atoms with E-state index in [2.05, 4.69) is 0 Å². The van der Waals surface area contributed by atoms with Crippen molar-refractivity contribution in [3.63, 3.8) is 0 Å². The van der Waals surface area contributed by atoms with Gasteiger partial charge in [0.05, 0.1) is 17.7 Å². The van der Waals surface area contributed by atoms with Crippen LogP contribution in [0.25, 0.3) is 6.08 Å². The Bertz CT molecular complexity index is 756. The van der Waals surface area contributed by atoms with Crippen LogP contribution in [0.5, 0.6) is 5.75 Å². The molecule has 2 amide bonds. The molecule has 0 radical (unpaired) electrons. The Morgan fingerprint density at radius 2 is 1.82 bits per heavy atom. The topological polar surface area (TPSA) is 46.6 Å². The van der Waals surface area contributed by atoms with E-state index < -0.39 is 0 Å². The molecule has 1 heterocycles. The highest BCUT2D eigenvalue weighted by Crippen LogP contribution is 2.35. The van der Waals surface area contributed by atoms with Gasteiger partial charge >= 0.3 is 0 Å². The fraction of sp³-hybridized carbons (Fsp3) is 0.0588. The van der Waals surface area contributed by atoms with Crippen LogP contribution >= 0.6 is 11.8 Å². The van der Waals surface area contributed by atoms with E-state index in [-0.39, 0.29) is 11.1 Å². The second-order valence-corrected chi connectivity index (χ2v) is 5.62. The summed E-state index contributed by atoms with van der Waals surface area (Å²) >= 11 is 0.943. The van der Waals surface area contributed by atoms with E-state index in [0.717, 1.165) is 17.3 Å². The molecule has 0 unspecified atom stereocenters. The van der Waals surface area contributed by atoms with Crippen LogP contribution in [-0.4, -0.2) is 18.3 Å². The average molecular weight is 311 g/mol. The minimum absolute atomic E-state index is 0.287. The van der Waals surface area contributed by atoms with Gasteiger partial charge in [-0.1, -0.05) is 30.3 Å². The predicted octanol–water partition coefficient (Wildman–Crippen LogP) is 3.94. The summed E-state index contributed by atoms with van der Waals surface area (Å²) in [5.74, 6) is 0.403. The van der Waals surface area contributed by atoms with Gasteiger partial charge in [0.15, 0.2) is 0 Å². The first-order valence-electron chi connectivity index (χ1n) is 6.66. The molecule has 5 heteroatoms. The Labute approximate surface area is 132 Å². The maximum absolute atomic E-state index is 12.5. The number of nitrogens with zero attached hydrogens (tertiary/aromatic N) is 1. The molecule has 2 aromatic carbocycles. The zero-order valence-corrected chi connectivity index (χ0v) is 12.7. The van der Waals surface area contributed by atoms with Crippen molar-refractivity contribution in [1.29, 1.82) is 0 Å². The molecule has 22 heavy (non-hydrogen) atoms. The summed E-state index contributed by atoms with van der Waals surface area (Å²) in [4.78, 5) is 26.2. The van der Waals surface area contributed by atoms with Gasteiger partial charge in [-0.2, -0.15) is 0 Å². The van der Waals surface area contributed by atoms with E-state index in [4.69, 9.17) is 4.74 Å². The monoisotopic (exact) mass is 311 g/mol. The van der Waals surface area contributed by atoms with Gasteiger partial charge in [0.2, 0.25) is 0 Å². The van der Waals surface area contributed by atoms with E-state index in [1.807, 2.05) is 30.3 Å². The van der Waals surface area contributed by atoms with E-state index in [1.165, 1.54) is 4.90 Å². The summed E-state index contributed by atoms with van der Waals surface area (Å²) in [6, 6.07) is 16.3. The summed E-state index contributed by atoms with van der Waals surface area (Å²) in [6.07, 6.45) is 1.70. The van der Waals surface area contributed by atoms with Crippen LogP contribution in [0, 0.1) is 0 Å². The number of hydrogen-bond donors (Lipinski definition) is 0. The first-order valence-corrected chi connectivity index (χ1v) is 7.48.